The zero-order valence-electron chi connectivity index (χ0n) is 11.9. The molecule has 2 rings (SSSR count). The van der Waals surface area contributed by atoms with Gasteiger partial charge in [0.25, 0.3) is 0 Å². The maximum absolute atomic E-state index is 5.81. The molecule has 100 valence electrons. The van der Waals surface area contributed by atoms with Crippen LogP contribution in [0.15, 0.2) is 48.5 Å². The van der Waals surface area contributed by atoms with Gasteiger partial charge in [-0.05, 0) is 56.2 Å². The Kier molecular flexibility index (Phi) is 3.79. The number of ether oxygens (including phenoxy) is 2. The molecule has 0 N–H and O–H groups in total. The van der Waals surface area contributed by atoms with E-state index in [9.17, 15) is 0 Å². The molecule has 2 aromatic carbocycles. The van der Waals surface area contributed by atoms with Gasteiger partial charge in [-0.25, -0.2) is 0 Å². The van der Waals surface area contributed by atoms with Crippen molar-refractivity contribution < 1.29 is 9.47 Å². The van der Waals surface area contributed by atoms with Crippen LogP contribution in [-0.4, -0.2) is 12.7 Å². The van der Waals surface area contributed by atoms with Crippen LogP contribution in [0.25, 0.3) is 11.1 Å². The lowest BCUT2D eigenvalue weighted by molar-refractivity contribution is 0.131. The summed E-state index contributed by atoms with van der Waals surface area (Å²) < 4.78 is 11.0. The molecule has 0 aliphatic heterocycles. The summed E-state index contributed by atoms with van der Waals surface area (Å²) in [4.78, 5) is 0. The molecule has 0 saturated carbocycles. The fraction of sp³-hybridized carbons (Fsp3) is 0.294. The minimum atomic E-state index is -0.165. The predicted molar refractivity (Wildman–Crippen MR) is 78.8 cm³/mol. The molecule has 0 spiro atoms. The van der Waals surface area contributed by atoms with Gasteiger partial charge in [0.15, 0.2) is 0 Å². The largest absolute Gasteiger partial charge is 0.497 e. The molecular weight excluding hydrogens is 236 g/mol. The molecule has 0 saturated heterocycles. The van der Waals surface area contributed by atoms with Crippen LogP contribution in [0.4, 0.5) is 0 Å². The van der Waals surface area contributed by atoms with E-state index in [1.165, 1.54) is 11.1 Å². The van der Waals surface area contributed by atoms with E-state index >= 15 is 0 Å². The van der Waals surface area contributed by atoms with Crippen molar-refractivity contribution in [2.75, 3.05) is 7.11 Å². The standard InChI is InChI=1S/C17H20O2/c1-17(2,3)19-16-11-7-14(8-12-16)13-5-9-15(18-4)10-6-13/h5-12H,1-4H3. The van der Waals surface area contributed by atoms with Crippen LogP contribution in [0.1, 0.15) is 20.8 Å². The first-order valence-electron chi connectivity index (χ1n) is 6.41. The number of hydrogen-bond donors (Lipinski definition) is 0. The fourth-order valence-electron chi connectivity index (χ4n) is 1.85. The first kappa shape index (κ1) is 13.5. The van der Waals surface area contributed by atoms with Gasteiger partial charge in [0.05, 0.1) is 7.11 Å². The summed E-state index contributed by atoms with van der Waals surface area (Å²) in [6.07, 6.45) is 0. The number of methoxy groups -OCH3 is 1. The van der Waals surface area contributed by atoms with Crippen molar-refractivity contribution in [2.45, 2.75) is 26.4 Å². The first-order valence-corrected chi connectivity index (χ1v) is 6.41. The van der Waals surface area contributed by atoms with Crippen LogP contribution in [0.3, 0.4) is 0 Å². The summed E-state index contributed by atoms with van der Waals surface area (Å²) in [5.74, 6) is 1.76. The number of rotatable bonds is 3. The predicted octanol–water partition coefficient (Wildman–Crippen LogP) is 4.54. The molecule has 0 unspecified atom stereocenters. The zero-order chi connectivity index (χ0) is 13.9. The molecule has 0 bridgehead atoms. The zero-order valence-corrected chi connectivity index (χ0v) is 11.9. The highest BCUT2D eigenvalue weighted by molar-refractivity contribution is 5.64. The van der Waals surface area contributed by atoms with Gasteiger partial charge in [0.1, 0.15) is 17.1 Å². The molecule has 0 amide bonds. The van der Waals surface area contributed by atoms with Gasteiger partial charge < -0.3 is 9.47 Å². The molecule has 0 aliphatic rings. The molecule has 2 nitrogen and oxygen atoms in total. The van der Waals surface area contributed by atoms with Gasteiger partial charge in [0, 0.05) is 0 Å². The fourth-order valence-corrected chi connectivity index (χ4v) is 1.85. The summed E-state index contributed by atoms with van der Waals surface area (Å²) in [6, 6.07) is 16.2. The Labute approximate surface area is 115 Å². The second-order valence-corrected chi connectivity index (χ2v) is 5.47. The van der Waals surface area contributed by atoms with Crippen molar-refractivity contribution >= 4 is 0 Å². The summed E-state index contributed by atoms with van der Waals surface area (Å²) in [7, 11) is 1.67. The van der Waals surface area contributed by atoms with Crippen molar-refractivity contribution in [3.8, 4) is 22.6 Å². The van der Waals surface area contributed by atoms with E-state index in [0.717, 1.165) is 11.5 Å². The van der Waals surface area contributed by atoms with Crippen molar-refractivity contribution in [1.29, 1.82) is 0 Å². The van der Waals surface area contributed by atoms with Crippen molar-refractivity contribution in [1.82, 2.24) is 0 Å². The Morgan fingerprint density at radius 2 is 1.11 bits per heavy atom. The molecule has 19 heavy (non-hydrogen) atoms. The third kappa shape index (κ3) is 3.75. The Bertz CT molecular complexity index is 519. The van der Waals surface area contributed by atoms with Gasteiger partial charge >= 0.3 is 0 Å². The third-order valence-electron chi connectivity index (χ3n) is 2.70. The quantitative estimate of drug-likeness (QED) is 0.802. The van der Waals surface area contributed by atoms with E-state index < -0.39 is 0 Å². The Hall–Kier alpha value is -1.96. The van der Waals surface area contributed by atoms with Gasteiger partial charge in [0.2, 0.25) is 0 Å². The smallest absolute Gasteiger partial charge is 0.120 e. The molecule has 2 heteroatoms. The summed E-state index contributed by atoms with van der Waals surface area (Å²) in [6.45, 7) is 6.14. The average Bonchev–Trinajstić information content (AvgIpc) is 2.38. The van der Waals surface area contributed by atoms with Crippen molar-refractivity contribution in [3.05, 3.63) is 48.5 Å². The molecule has 0 aromatic heterocycles. The van der Waals surface area contributed by atoms with Crippen LogP contribution < -0.4 is 9.47 Å². The van der Waals surface area contributed by atoms with E-state index in [-0.39, 0.29) is 5.60 Å². The van der Waals surface area contributed by atoms with E-state index in [4.69, 9.17) is 9.47 Å². The van der Waals surface area contributed by atoms with E-state index in [1.54, 1.807) is 7.11 Å². The topological polar surface area (TPSA) is 18.5 Å². The first-order chi connectivity index (χ1) is 8.98. The molecule has 0 fully saturated rings. The lowest BCUT2D eigenvalue weighted by Crippen LogP contribution is -2.22. The minimum Gasteiger partial charge on any atom is -0.497 e. The lowest BCUT2D eigenvalue weighted by atomic mass is 10.1. The molecule has 0 radical (unpaired) electrons. The van der Waals surface area contributed by atoms with Crippen LogP contribution in [0.5, 0.6) is 11.5 Å². The summed E-state index contributed by atoms with van der Waals surface area (Å²) >= 11 is 0. The van der Waals surface area contributed by atoms with Crippen molar-refractivity contribution in [3.63, 3.8) is 0 Å². The normalized spacial score (nSPS) is 11.2. The number of hydrogen-bond acceptors (Lipinski definition) is 2. The van der Waals surface area contributed by atoms with E-state index in [0.29, 0.717) is 0 Å². The molecule has 2 aromatic rings. The highest BCUT2D eigenvalue weighted by Gasteiger charge is 2.11. The Morgan fingerprint density at radius 1 is 0.684 bits per heavy atom. The van der Waals surface area contributed by atoms with Gasteiger partial charge in [-0.3, -0.25) is 0 Å². The number of benzene rings is 2. The SMILES string of the molecule is COc1ccc(-c2ccc(OC(C)(C)C)cc2)cc1. The maximum atomic E-state index is 5.81. The van der Waals surface area contributed by atoms with Crippen molar-refractivity contribution in [2.24, 2.45) is 0 Å². The lowest BCUT2D eigenvalue weighted by Gasteiger charge is -2.21. The highest BCUT2D eigenvalue weighted by atomic mass is 16.5. The van der Waals surface area contributed by atoms with Gasteiger partial charge in [-0.2, -0.15) is 0 Å². The van der Waals surface area contributed by atoms with Gasteiger partial charge in [-0.1, -0.05) is 24.3 Å². The van der Waals surface area contributed by atoms with Crippen LogP contribution in [0.2, 0.25) is 0 Å². The Balaban J connectivity index is 2.17. The minimum absolute atomic E-state index is 0.165. The third-order valence-corrected chi connectivity index (χ3v) is 2.70. The summed E-state index contributed by atoms with van der Waals surface area (Å²) in [5.41, 5.74) is 2.17. The monoisotopic (exact) mass is 256 g/mol. The second-order valence-electron chi connectivity index (χ2n) is 5.47. The average molecular weight is 256 g/mol. The maximum Gasteiger partial charge on any atom is 0.120 e. The van der Waals surface area contributed by atoms with Crippen LogP contribution in [-0.2, 0) is 0 Å². The highest BCUT2D eigenvalue weighted by Crippen LogP contribution is 2.25. The van der Waals surface area contributed by atoms with Crippen LogP contribution >= 0.6 is 0 Å². The molecular formula is C17H20O2. The van der Waals surface area contributed by atoms with E-state index in [2.05, 4.69) is 24.3 Å². The Morgan fingerprint density at radius 3 is 1.47 bits per heavy atom. The molecule has 0 heterocycles. The summed E-state index contributed by atoms with van der Waals surface area (Å²) in [5, 5.41) is 0. The second kappa shape index (κ2) is 5.35. The molecule has 0 atom stereocenters. The van der Waals surface area contributed by atoms with Crippen LogP contribution in [0, 0.1) is 0 Å². The molecule has 0 aliphatic carbocycles. The van der Waals surface area contributed by atoms with Gasteiger partial charge in [-0.15, -0.1) is 0 Å². The van der Waals surface area contributed by atoms with E-state index in [1.807, 2.05) is 45.0 Å².